The number of carbonyl (C=O) groups excluding carboxylic acids is 1. The van der Waals surface area contributed by atoms with Crippen LogP contribution in [0.1, 0.15) is 32.1 Å². The smallest absolute Gasteiger partial charge is 0.239 e. The molecule has 0 bridgehead atoms. The van der Waals surface area contributed by atoms with Gasteiger partial charge in [-0.2, -0.15) is 0 Å². The fraction of sp³-hybridized carbons (Fsp3) is 0.500. The molecule has 1 fully saturated rings. The lowest BCUT2D eigenvalue weighted by molar-refractivity contribution is -0.120. The van der Waals surface area contributed by atoms with Gasteiger partial charge in [0.15, 0.2) is 0 Å². The minimum Gasteiger partial charge on any atom is -0.376 e. The summed E-state index contributed by atoms with van der Waals surface area (Å²) in [7, 11) is 0. The van der Waals surface area contributed by atoms with Crippen LogP contribution in [-0.4, -0.2) is 18.5 Å². The molecule has 1 aliphatic carbocycles. The molecule has 2 N–H and O–H groups in total. The van der Waals surface area contributed by atoms with Crippen molar-refractivity contribution in [2.24, 2.45) is 0 Å². The van der Waals surface area contributed by atoms with E-state index in [4.69, 9.17) is 0 Å². The van der Waals surface area contributed by atoms with Crippen molar-refractivity contribution in [1.29, 1.82) is 0 Å². The SMILES string of the molecule is O=C(CNc1ccc(I)cc1)NC1CCCCC1. The van der Waals surface area contributed by atoms with E-state index in [0.29, 0.717) is 12.6 Å². The number of hydrogen-bond donors (Lipinski definition) is 2. The molecule has 1 aliphatic rings. The Kier molecular flexibility index (Phi) is 5.28. The zero-order chi connectivity index (χ0) is 12.8. The van der Waals surface area contributed by atoms with E-state index >= 15 is 0 Å². The number of rotatable bonds is 4. The van der Waals surface area contributed by atoms with E-state index in [1.807, 2.05) is 24.3 Å². The van der Waals surface area contributed by atoms with Gasteiger partial charge < -0.3 is 10.6 Å². The molecule has 3 nitrogen and oxygen atoms in total. The summed E-state index contributed by atoms with van der Waals surface area (Å²) >= 11 is 2.27. The minimum absolute atomic E-state index is 0.0976. The molecule has 1 aromatic rings. The number of anilines is 1. The third kappa shape index (κ3) is 4.48. The van der Waals surface area contributed by atoms with Crippen molar-refractivity contribution in [3.05, 3.63) is 27.8 Å². The van der Waals surface area contributed by atoms with E-state index in [0.717, 1.165) is 18.5 Å². The number of halogens is 1. The van der Waals surface area contributed by atoms with E-state index in [9.17, 15) is 4.79 Å². The standard InChI is InChI=1S/C14H19IN2O/c15-11-6-8-12(9-7-11)16-10-14(18)17-13-4-2-1-3-5-13/h6-9,13,16H,1-5,10H2,(H,17,18). The molecule has 1 saturated carbocycles. The zero-order valence-corrected chi connectivity index (χ0v) is 12.6. The molecule has 1 aromatic carbocycles. The molecule has 18 heavy (non-hydrogen) atoms. The van der Waals surface area contributed by atoms with Crippen molar-refractivity contribution in [3.63, 3.8) is 0 Å². The molecule has 0 aromatic heterocycles. The predicted octanol–water partition coefficient (Wildman–Crippen LogP) is 3.15. The van der Waals surface area contributed by atoms with Gasteiger partial charge in [0.2, 0.25) is 5.91 Å². The highest BCUT2D eigenvalue weighted by molar-refractivity contribution is 14.1. The first-order valence-electron chi connectivity index (χ1n) is 6.53. The van der Waals surface area contributed by atoms with Crippen molar-refractivity contribution >= 4 is 34.2 Å². The van der Waals surface area contributed by atoms with Crippen LogP contribution in [0.3, 0.4) is 0 Å². The van der Waals surface area contributed by atoms with Crippen LogP contribution >= 0.6 is 22.6 Å². The van der Waals surface area contributed by atoms with Crippen molar-refractivity contribution in [2.45, 2.75) is 38.1 Å². The first kappa shape index (κ1) is 13.6. The van der Waals surface area contributed by atoms with Gasteiger partial charge in [0.05, 0.1) is 6.54 Å². The van der Waals surface area contributed by atoms with Crippen molar-refractivity contribution in [2.75, 3.05) is 11.9 Å². The Hall–Kier alpha value is -0.780. The number of nitrogens with one attached hydrogen (secondary N) is 2. The van der Waals surface area contributed by atoms with Gasteiger partial charge in [0, 0.05) is 15.3 Å². The highest BCUT2D eigenvalue weighted by atomic mass is 127. The number of carbonyl (C=O) groups is 1. The van der Waals surface area contributed by atoms with Crippen LogP contribution in [0.25, 0.3) is 0 Å². The zero-order valence-electron chi connectivity index (χ0n) is 10.4. The summed E-state index contributed by atoms with van der Waals surface area (Å²) in [6.07, 6.45) is 6.07. The van der Waals surface area contributed by atoms with Gasteiger partial charge in [0.25, 0.3) is 0 Å². The second-order valence-corrected chi connectivity index (χ2v) is 6.01. The molecule has 4 heteroatoms. The monoisotopic (exact) mass is 358 g/mol. The lowest BCUT2D eigenvalue weighted by atomic mass is 9.95. The summed E-state index contributed by atoms with van der Waals surface area (Å²) in [6, 6.07) is 8.44. The van der Waals surface area contributed by atoms with Crippen molar-refractivity contribution in [1.82, 2.24) is 5.32 Å². The second-order valence-electron chi connectivity index (χ2n) is 4.76. The molecule has 0 heterocycles. The average molecular weight is 358 g/mol. The Morgan fingerprint density at radius 1 is 1.17 bits per heavy atom. The average Bonchev–Trinajstić information content (AvgIpc) is 2.39. The molecule has 0 atom stereocenters. The highest BCUT2D eigenvalue weighted by Gasteiger charge is 2.15. The van der Waals surface area contributed by atoms with Crippen molar-refractivity contribution < 1.29 is 4.79 Å². The van der Waals surface area contributed by atoms with E-state index in [2.05, 4.69) is 33.2 Å². The maximum Gasteiger partial charge on any atom is 0.239 e. The molecule has 0 spiro atoms. The van der Waals surface area contributed by atoms with Gasteiger partial charge in [-0.1, -0.05) is 19.3 Å². The lowest BCUT2D eigenvalue weighted by Crippen LogP contribution is -2.39. The normalized spacial score (nSPS) is 16.3. The topological polar surface area (TPSA) is 41.1 Å². The summed E-state index contributed by atoms with van der Waals surface area (Å²) in [5.41, 5.74) is 0.995. The largest absolute Gasteiger partial charge is 0.376 e. The fourth-order valence-corrected chi connectivity index (χ4v) is 2.64. The van der Waals surface area contributed by atoms with Gasteiger partial charge in [-0.05, 0) is 59.7 Å². The number of amides is 1. The first-order valence-corrected chi connectivity index (χ1v) is 7.61. The molecule has 0 saturated heterocycles. The van der Waals surface area contributed by atoms with Crippen LogP contribution in [0, 0.1) is 3.57 Å². The number of hydrogen-bond acceptors (Lipinski definition) is 2. The van der Waals surface area contributed by atoms with E-state index in [1.165, 1.54) is 22.8 Å². The highest BCUT2D eigenvalue weighted by Crippen LogP contribution is 2.17. The fourth-order valence-electron chi connectivity index (χ4n) is 2.28. The maximum absolute atomic E-state index is 11.8. The Labute approximate surface area is 122 Å². The number of benzene rings is 1. The summed E-state index contributed by atoms with van der Waals surface area (Å²) in [5.74, 6) is 0.0976. The van der Waals surface area contributed by atoms with Gasteiger partial charge in [-0.15, -0.1) is 0 Å². The molecule has 0 radical (unpaired) electrons. The maximum atomic E-state index is 11.8. The third-order valence-electron chi connectivity index (χ3n) is 3.27. The van der Waals surface area contributed by atoms with E-state index in [1.54, 1.807) is 0 Å². The van der Waals surface area contributed by atoms with E-state index < -0.39 is 0 Å². The lowest BCUT2D eigenvalue weighted by Gasteiger charge is -2.22. The van der Waals surface area contributed by atoms with Gasteiger partial charge in [-0.3, -0.25) is 4.79 Å². The van der Waals surface area contributed by atoms with Crippen LogP contribution in [0.5, 0.6) is 0 Å². The Morgan fingerprint density at radius 2 is 1.83 bits per heavy atom. The quantitative estimate of drug-likeness (QED) is 0.812. The van der Waals surface area contributed by atoms with Crippen LogP contribution in [0.2, 0.25) is 0 Å². The second kappa shape index (κ2) is 6.97. The summed E-state index contributed by atoms with van der Waals surface area (Å²) in [5, 5.41) is 6.24. The molecular formula is C14H19IN2O. The first-order chi connectivity index (χ1) is 8.74. The van der Waals surface area contributed by atoms with Crippen LogP contribution in [0.4, 0.5) is 5.69 Å². The predicted molar refractivity (Wildman–Crippen MR) is 82.7 cm³/mol. The Morgan fingerprint density at radius 3 is 2.50 bits per heavy atom. The molecule has 0 aliphatic heterocycles. The Balaban J connectivity index is 1.72. The van der Waals surface area contributed by atoms with Gasteiger partial charge >= 0.3 is 0 Å². The molecule has 1 amide bonds. The van der Waals surface area contributed by atoms with Crippen LogP contribution in [-0.2, 0) is 4.79 Å². The Bertz CT molecular complexity index is 385. The van der Waals surface area contributed by atoms with Crippen LogP contribution < -0.4 is 10.6 Å². The summed E-state index contributed by atoms with van der Waals surface area (Å²) in [6.45, 7) is 0.358. The van der Waals surface area contributed by atoms with Gasteiger partial charge in [-0.25, -0.2) is 0 Å². The summed E-state index contributed by atoms with van der Waals surface area (Å²) in [4.78, 5) is 11.8. The summed E-state index contributed by atoms with van der Waals surface area (Å²) < 4.78 is 1.20. The van der Waals surface area contributed by atoms with Crippen molar-refractivity contribution in [3.8, 4) is 0 Å². The molecule has 0 unspecified atom stereocenters. The molecular weight excluding hydrogens is 339 g/mol. The molecule has 98 valence electrons. The van der Waals surface area contributed by atoms with Gasteiger partial charge in [0.1, 0.15) is 0 Å². The van der Waals surface area contributed by atoms with E-state index in [-0.39, 0.29) is 5.91 Å². The third-order valence-corrected chi connectivity index (χ3v) is 3.99. The minimum atomic E-state index is 0.0976. The molecule has 2 rings (SSSR count). The van der Waals surface area contributed by atoms with Crippen LogP contribution in [0.15, 0.2) is 24.3 Å².